The molecule has 120 valence electrons. The highest BCUT2D eigenvalue weighted by atomic mass is 16.4. The fourth-order valence-corrected chi connectivity index (χ4v) is 2.45. The summed E-state index contributed by atoms with van der Waals surface area (Å²) in [5.41, 5.74) is 8.36. The van der Waals surface area contributed by atoms with Crippen LogP contribution in [0.25, 0.3) is 0 Å². The number of hydrogen-bond acceptors (Lipinski definition) is 4. The highest BCUT2D eigenvalue weighted by molar-refractivity contribution is 6.08. The van der Waals surface area contributed by atoms with Crippen molar-refractivity contribution in [1.82, 2.24) is 4.98 Å². The van der Waals surface area contributed by atoms with Crippen LogP contribution in [0.5, 0.6) is 0 Å². The predicted octanol–water partition coefficient (Wildman–Crippen LogP) is 3.68. The van der Waals surface area contributed by atoms with Gasteiger partial charge in [0.1, 0.15) is 6.26 Å². The lowest BCUT2D eigenvalue weighted by Crippen LogP contribution is -2.02. The molecule has 0 aliphatic heterocycles. The van der Waals surface area contributed by atoms with Crippen LogP contribution in [0.15, 0.2) is 70.3 Å². The third kappa shape index (κ3) is 3.25. The first-order valence-corrected chi connectivity index (χ1v) is 7.58. The Kier molecular flexibility index (Phi) is 4.52. The van der Waals surface area contributed by atoms with Gasteiger partial charge in [0.05, 0.1) is 12.0 Å². The molecule has 2 aromatic carbocycles. The first-order valence-electron chi connectivity index (χ1n) is 7.58. The molecular formula is C19H17N3O2. The molecule has 2 N–H and O–H groups in total. The highest BCUT2D eigenvalue weighted by Gasteiger charge is 2.15. The smallest absolute Gasteiger partial charge is 0.323 e. The van der Waals surface area contributed by atoms with E-state index in [1.165, 1.54) is 0 Å². The zero-order chi connectivity index (χ0) is 16.9. The van der Waals surface area contributed by atoms with E-state index in [-0.39, 0.29) is 17.7 Å². The quantitative estimate of drug-likeness (QED) is 0.442. The van der Waals surface area contributed by atoms with Gasteiger partial charge in [0, 0.05) is 17.0 Å². The van der Waals surface area contributed by atoms with Crippen LogP contribution in [-0.2, 0) is 0 Å². The zero-order valence-corrected chi connectivity index (χ0v) is 13.2. The summed E-state index contributed by atoms with van der Waals surface area (Å²) >= 11 is 0. The third-order valence-corrected chi connectivity index (χ3v) is 3.85. The fourth-order valence-electron chi connectivity index (χ4n) is 2.45. The van der Waals surface area contributed by atoms with Gasteiger partial charge >= 0.3 is 6.01 Å². The van der Waals surface area contributed by atoms with Gasteiger partial charge in [-0.15, -0.1) is 0 Å². The van der Waals surface area contributed by atoms with Crippen molar-refractivity contribution in [2.45, 2.75) is 12.8 Å². The van der Waals surface area contributed by atoms with E-state index in [0.717, 1.165) is 17.6 Å². The van der Waals surface area contributed by atoms with Crippen molar-refractivity contribution < 1.29 is 9.21 Å². The van der Waals surface area contributed by atoms with Crippen molar-refractivity contribution in [2.24, 2.45) is 10.7 Å². The van der Waals surface area contributed by atoms with Gasteiger partial charge in [0.15, 0.2) is 5.78 Å². The summed E-state index contributed by atoms with van der Waals surface area (Å²) in [5, 5.41) is 0. The minimum absolute atomic E-state index is 0.0100. The number of nitrogens with zero attached hydrogens (tertiary/aromatic N) is 2. The number of carbonyl (C=O) groups excluding carboxylic acids is 1. The lowest BCUT2D eigenvalue weighted by Gasteiger charge is -2.09. The number of aromatic nitrogens is 1. The summed E-state index contributed by atoms with van der Waals surface area (Å²) in [6.07, 6.45) is 2.71. The molecule has 0 radical (unpaired) electrons. The summed E-state index contributed by atoms with van der Waals surface area (Å²) in [4.78, 5) is 20.5. The van der Waals surface area contributed by atoms with Crippen LogP contribution in [0.4, 0.5) is 6.01 Å². The van der Waals surface area contributed by atoms with E-state index in [2.05, 4.69) is 9.98 Å². The molecule has 0 bridgehead atoms. The van der Waals surface area contributed by atoms with E-state index in [1.807, 2.05) is 61.5 Å². The van der Waals surface area contributed by atoms with Crippen LogP contribution in [0.1, 0.15) is 40.0 Å². The number of oxazole rings is 1. The molecule has 1 atom stereocenters. The van der Waals surface area contributed by atoms with E-state index in [4.69, 9.17) is 10.2 Å². The summed E-state index contributed by atoms with van der Waals surface area (Å²) in [7, 11) is 0. The minimum atomic E-state index is 0.0100. The Hall–Kier alpha value is -3.21. The molecule has 0 saturated heterocycles. The average Bonchev–Trinajstić information content (AvgIpc) is 3.10. The Labute approximate surface area is 139 Å². The van der Waals surface area contributed by atoms with Crippen molar-refractivity contribution >= 4 is 18.1 Å². The Balaban J connectivity index is 1.79. The van der Waals surface area contributed by atoms with E-state index in [1.54, 1.807) is 6.26 Å². The van der Waals surface area contributed by atoms with E-state index in [9.17, 15) is 4.79 Å². The molecule has 1 heterocycles. The first kappa shape index (κ1) is 15.7. The van der Waals surface area contributed by atoms with E-state index < -0.39 is 0 Å². The maximum absolute atomic E-state index is 12.4. The topological polar surface area (TPSA) is 81.5 Å². The zero-order valence-electron chi connectivity index (χ0n) is 13.2. The number of aliphatic imine (C=N–C) groups is 1. The average molecular weight is 319 g/mol. The number of benzene rings is 2. The number of carbonyl (C=O) groups is 1. The lowest BCUT2D eigenvalue weighted by molar-refractivity contribution is 0.103. The molecule has 0 aliphatic rings. The van der Waals surface area contributed by atoms with Gasteiger partial charge in [0.2, 0.25) is 0 Å². The maximum atomic E-state index is 12.4. The molecule has 3 rings (SSSR count). The number of ketones is 1. The standard InChI is InChI=1S/C19H17N3O2/c1-13(17-11-24-19(22-17)21-12-20)14-7-9-16(10-8-14)18(23)15-5-3-2-4-6-15/h2-13H,1H3,(H2,20,21,22). The van der Waals surface area contributed by atoms with Gasteiger partial charge in [-0.25, -0.2) is 0 Å². The van der Waals surface area contributed by atoms with E-state index in [0.29, 0.717) is 11.1 Å². The summed E-state index contributed by atoms with van der Waals surface area (Å²) in [6.45, 7) is 2.02. The Morgan fingerprint density at radius 1 is 1.12 bits per heavy atom. The molecule has 5 heteroatoms. The van der Waals surface area contributed by atoms with Crippen LogP contribution in [0.2, 0.25) is 0 Å². The van der Waals surface area contributed by atoms with Gasteiger partial charge in [-0.1, -0.05) is 61.5 Å². The van der Waals surface area contributed by atoms with Gasteiger partial charge in [0.25, 0.3) is 0 Å². The minimum Gasteiger partial charge on any atom is -0.430 e. The number of nitrogens with two attached hydrogens (primary N) is 1. The molecule has 0 spiro atoms. The summed E-state index contributed by atoms with van der Waals surface area (Å²) in [5.74, 6) is 0.0344. The van der Waals surface area contributed by atoms with Gasteiger partial charge in [-0.05, 0) is 5.56 Å². The van der Waals surface area contributed by atoms with Crippen LogP contribution in [0, 0.1) is 0 Å². The van der Waals surface area contributed by atoms with Crippen molar-refractivity contribution in [3.05, 3.63) is 83.2 Å². The molecular weight excluding hydrogens is 302 g/mol. The Bertz CT molecular complexity index is 852. The van der Waals surface area contributed by atoms with Crippen molar-refractivity contribution in [2.75, 3.05) is 0 Å². The molecule has 1 aromatic heterocycles. The molecule has 5 nitrogen and oxygen atoms in total. The van der Waals surface area contributed by atoms with Crippen LogP contribution < -0.4 is 5.73 Å². The second kappa shape index (κ2) is 6.91. The van der Waals surface area contributed by atoms with Crippen molar-refractivity contribution in [3.63, 3.8) is 0 Å². The second-order valence-electron chi connectivity index (χ2n) is 5.37. The molecule has 3 aromatic rings. The Morgan fingerprint density at radius 3 is 2.46 bits per heavy atom. The fraction of sp³-hybridized carbons (Fsp3) is 0.105. The molecule has 0 amide bonds. The molecule has 0 aliphatic carbocycles. The summed E-state index contributed by atoms with van der Waals surface area (Å²) < 4.78 is 5.22. The van der Waals surface area contributed by atoms with Crippen LogP contribution in [-0.4, -0.2) is 17.1 Å². The normalized spacial score (nSPS) is 12.4. The van der Waals surface area contributed by atoms with Crippen LogP contribution >= 0.6 is 0 Å². The van der Waals surface area contributed by atoms with Crippen molar-refractivity contribution in [1.29, 1.82) is 0 Å². The Morgan fingerprint density at radius 2 is 1.79 bits per heavy atom. The third-order valence-electron chi connectivity index (χ3n) is 3.85. The number of rotatable bonds is 5. The molecule has 0 fully saturated rings. The van der Waals surface area contributed by atoms with Gasteiger partial charge in [-0.2, -0.15) is 9.98 Å². The highest BCUT2D eigenvalue weighted by Crippen LogP contribution is 2.26. The van der Waals surface area contributed by atoms with Gasteiger partial charge in [-0.3, -0.25) is 4.79 Å². The predicted molar refractivity (Wildman–Crippen MR) is 92.7 cm³/mol. The van der Waals surface area contributed by atoms with E-state index >= 15 is 0 Å². The van der Waals surface area contributed by atoms with Crippen LogP contribution in [0.3, 0.4) is 0 Å². The van der Waals surface area contributed by atoms with Crippen molar-refractivity contribution in [3.8, 4) is 0 Å². The first-order chi connectivity index (χ1) is 11.7. The second-order valence-corrected chi connectivity index (χ2v) is 5.37. The monoisotopic (exact) mass is 319 g/mol. The summed E-state index contributed by atoms with van der Waals surface area (Å²) in [6, 6.07) is 17.0. The van der Waals surface area contributed by atoms with Gasteiger partial charge < -0.3 is 10.2 Å². The number of hydrogen-bond donors (Lipinski definition) is 1. The lowest BCUT2D eigenvalue weighted by atomic mass is 9.95. The largest absolute Gasteiger partial charge is 0.430 e. The molecule has 1 unspecified atom stereocenters. The molecule has 24 heavy (non-hydrogen) atoms. The maximum Gasteiger partial charge on any atom is 0.323 e. The molecule has 0 saturated carbocycles. The SMILES string of the molecule is CC(c1ccc(C(=O)c2ccccc2)cc1)c1coc(N=CN)n1.